The first-order valence-corrected chi connectivity index (χ1v) is 9.53. The van der Waals surface area contributed by atoms with E-state index in [1.807, 2.05) is 79.7 Å². The Labute approximate surface area is 173 Å². The van der Waals surface area contributed by atoms with E-state index in [9.17, 15) is 4.79 Å². The fourth-order valence-corrected chi connectivity index (χ4v) is 3.22. The first kappa shape index (κ1) is 18.8. The zero-order valence-corrected chi connectivity index (χ0v) is 16.5. The summed E-state index contributed by atoms with van der Waals surface area (Å²) in [4.78, 5) is 13.3. The van der Waals surface area contributed by atoms with Crippen molar-refractivity contribution in [1.82, 2.24) is 9.78 Å². The molecule has 0 spiro atoms. The molecule has 0 aliphatic carbocycles. The van der Waals surface area contributed by atoms with Crippen LogP contribution in [0, 0.1) is 6.92 Å². The molecular formula is C23H19ClN4O. The number of hydrogen-bond acceptors (Lipinski definition) is 3. The van der Waals surface area contributed by atoms with Gasteiger partial charge in [0, 0.05) is 16.3 Å². The van der Waals surface area contributed by atoms with Gasteiger partial charge in [0.1, 0.15) is 5.71 Å². The smallest absolute Gasteiger partial charge is 0.281 e. The van der Waals surface area contributed by atoms with Crippen molar-refractivity contribution in [2.75, 3.05) is 5.43 Å². The number of hydrogen-bond donors (Lipinski definition) is 2. The van der Waals surface area contributed by atoms with Crippen molar-refractivity contribution in [1.29, 1.82) is 0 Å². The molecule has 3 aromatic carbocycles. The molecule has 0 saturated carbocycles. The van der Waals surface area contributed by atoms with Crippen LogP contribution >= 0.6 is 11.6 Å². The second-order valence-corrected chi connectivity index (χ2v) is 6.97. The van der Waals surface area contributed by atoms with Gasteiger partial charge in [0.2, 0.25) is 0 Å². The van der Waals surface area contributed by atoms with Crippen molar-refractivity contribution in [2.24, 2.45) is 5.10 Å². The van der Waals surface area contributed by atoms with E-state index in [2.05, 4.69) is 15.6 Å². The van der Waals surface area contributed by atoms with Gasteiger partial charge in [-0.25, -0.2) is 4.68 Å². The van der Waals surface area contributed by atoms with Crippen molar-refractivity contribution in [2.45, 2.75) is 6.92 Å². The molecular weight excluding hydrogens is 384 g/mol. The predicted molar refractivity (Wildman–Crippen MR) is 118 cm³/mol. The Bertz CT molecular complexity index is 1190. The van der Waals surface area contributed by atoms with E-state index in [-0.39, 0.29) is 5.56 Å². The molecule has 0 saturated heterocycles. The highest BCUT2D eigenvalue weighted by atomic mass is 35.5. The van der Waals surface area contributed by atoms with Crippen LogP contribution in [0.25, 0.3) is 5.69 Å². The average Bonchev–Trinajstić information content (AvgIpc) is 3.05. The van der Waals surface area contributed by atoms with Gasteiger partial charge in [-0.15, -0.1) is 0 Å². The van der Waals surface area contributed by atoms with E-state index in [0.29, 0.717) is 16.3 Å². The number of hydrazone groups is 1. The molecule has 0 aliphatic heterocycles. The first-order chi connectivity index (χ1) is 14.1. The number of halogens is 1. The van der Waals surface area contributed by atoms with Gasteiger partial charge in [0.05, 0.1) is 16.9 Å². The quantitative estimate of drug-likeness (QED) is 0.365. The number of aromatic amines is 1. The molecule has 0 radical (unpaired) electrons. The highest BCUT2D eigenvalue weighted by molar-refractivity contribution is 6.30. The Morgan fingerprint density at radius 3 is 2.21 bits per heavy atom. The second kappa shape index (κ2) is 8.20. The Morgan fingerprint density at radius 2 is 1.55 bits per heavy atom. The van der Waals surface area contributed by atoms with Crippen LogP contribution in [0.5, 0.6) is 0 Å². The van der Waals surface area contributed by atoms with Crippen molar-refractivity contribution in [3.8, 4) is 5.69 Å². The van der Waals surface area contributed by atoms with Crippen LogP contribution in [-0.2, 0) is 0 Å². The van der Waals surface area contributed by atoms with Gasteiger partial charge in [-0.05, 0) is 43.3 Å². The van der Waals surface area contributed by atoms with Gasteiger partial charge >= 0.3 is 0 Å². The van der Waals surface area contributed by atoms with Crippen molar-refractivity contribution < 1.29 is 0 Å². The van der Waals surface area contributed by atoms with Crippen LogP contribution in [0.4, 0.5) is 5.69 Å². The summed E-state index contributed by atoms with van der Waals surface area (Å²) < 4.78 is 1.53. The maximum atomic E-state index is 13.3. The Hall–Kier alpha value is -3.57. The molecule has 6 heteroatoms. The number of nitrogens with one attached hydrogen (secondary N) is 2. The number of benzene rings is 3. The number of rotatable bonds is 5. The summed E-state index contributed by atoms with van der Waals surface area (Å²) in [5.74, 6) is 0. The monoisotopic (exact) mass is 402 g/mol. The summed E-state index contributed by atoms with van der Waals surface area (Å²) in [6, 6.07) is 26.3. The van der Waals surface area contributed by atoms with Gasteiger partial charge in [-0.1, -0.05) is 60.1 Å². The standard InChI is InChI=1S/C23H19ClN4O/c1-16-21(23(29)28(27-16)20-10-6-3-7-11-20)22(17-8-4-2-5-9-17)26-25-19-14-12-18(24)13-15-19/h2-15,25,27H,1H3/b26-22+. The lowest BCUT2D eigenvalue weighted by Gasteiger charge is -2.07. The van der Waals surface area contributed by atoms with Gasteiger partial charge in [-0.2, -0.15) is 5.10 Å². The molecule has 0 fully saturated rings. The summed E-state index contributed by atoms with van der Waals surface area (Å²) >= 11 is 5.96. The van der Waals surface area contributed by atoms with Crippen molar-refractivity contribution >= 4 is 23.0 Å². The van der Waals surface area contributed by atoms with E-state index in [1.165, 1.54) is 4.68 Å². The van der Waals surface area contributed by atoms with Crippen LogP contribution in [0.3, 0.4) is 0 Å². The van der Waals surface area contributed by atoms with Crippen molar-refractivity contribution in [3.05, 3.63) is 117 Å². The first-order valence-electron chi connectivity index (χ1n) is 9.15. The van der Waals surface area contributed by atoms with E-state index in [0.717, 1.165) is 22.6 Å². The number of para-hydroxylation sites is 1. The summed E-state index contributed by atoms with van der Waals surface area (Å²) in [5, 5.41) is 8.39. The minimum Gasteiger partial charge on any atom is -0.295 e. The van der Waals surface area contributed by atoms with E-state index >= 15 is 0 Å². The minimum atomic E-state index is -0.158. The molecule has 29 heavy (non-hydrogen) atoms. The third kappa shape index (κ3) is 4.00. The molecule has 0 amide bonds. The molecule has 1 aromatic heterocycles. The van der Waals surface area contributed by atoms with Crippen LogP contribution in [0.1, 0.15) is 16.8 Å². The Balaban J connectivity index is 1.82. The van der Waals surface area contributed by atoms with Gasteiger partial charge < -0.3 is 0 Å². The summed E-state index contributed by atoms with van der Waals surface area (Å²) in [6.07, 6.45) is 0. The molecule has 4 rings (SSSR count). The van der Waals surface area contributed by atoms with Crippen LogP contribution in [0.2, 0.25) is 5.02 Å². The SMILES string of the molecule is Cc1[nH]n(-c2ccccc2)c(=O)c1/C(=N/Nc1ccc(Cl)cc1)c1ccccc1. The molecule has 0 aliphatic rings. The molecule has 1 heterocycles. The molecule has 4 aromatic rings. The fourth-order valence-electron chi connectivity index (χ4n) is 3.09. The minimum absolute atomic E-state index is 0.158. The summed E-state index contributed by atoms with van der Waals surface area (Å²) in [6.45, 7) is 1.87. The highest BCUT2D eigenvalue weighted by Crippen LogP contribution is 2.16. The predicted octanol–water partition coefficient (Wildman–Crippen LogP) is 4.99. The van der Waals surface area contributed by atoms with E-state index in [4.69, 9.17) is 11.6 Å². The Morgan fingerprint density at radius 1 is 0.931 bits per heavy atom. The number of H-pyrrole nitrogens is 1. The van der Waals surface area contributed by atoms with Crippen LogP contribution < -0.4 is 11.0 Å². The largest absolute Gasteiger partial charge is 0.295 e. The lowest BCUT2D eigenvalue weighted by Crippen LogP contribution is -2.22. The third-order valence-corrected chi connectivity index (χ3v) is 4.76. The van der Waals surface area contributed by atoms with E-state index in [1.54, 1.807) is 12.1 Å². The van der Waals surface area contributed by atoms with Crippen LogP contribution in [-0.4, -0.2) is 15.5 Å². The zero-order valence-electron chi connectivity index (χ0n) is 15.8. The molecule has 0 atom stereocenters. The summed E-state index contributed by atoms with van der Waals surface area (Å²) in [5.41, 5.74) is 7.08. The maximum Gasteiger partial charge on any atom is 0.281 e. The van der Waals surface area contributed by atoms with Crippen molar-refractivity contribution in [3.63, 3.8) is 0 Å². The Kier molecular flexibility index (Phi) is 5.31. The third-order valence-electron chi connectivity index (χ3n) is 4.51. The second-order valence-electron chi connectivity index (χ2n) is 6.53. The normalized spacial score (nSPS) is 11.4. The average molecular weight is 403 g/mol. The molecule has 0 bridgehead atoms. The highest BCUT2D eigenvalue weighted by Gasteiger charge is 2.19. The number of aromatic nitrogens is 2. The topological polar surface area (TPSA) is 62.2 Å². The molecule has 5 nitrogen and oxygen atoms in total. The number of nitrogens with zero attached hydrogens (tertiary/aromatic N) is 2. The fraction of sp³-hybridized carbons (Fsp3) is 0.0435. The van der Waals surface area contributed by atoms with E-state index < -0.39 is 0 Å². The maximum absolute atomic E-state index is 13.3. The lowest BCUT2D eigenvalue weighted by atomic mass is 10.0. The number of aryl methyl sites for hydroxylation is 1. The van der Waals surface area contributed by atoms with Crippen LogP contribution in [0.15, 0.2) is 94.8 Å². The zero-order chi connectivity index (χ0) is 20.2. The lowest BCUT2D eigenvalue weighted by molar-refractivity contribution is 0.835. The molecule has 0 unspecified atom stereocenters. The molecule has 144 valence electrons. The van der Waals surface area contributed by atoms with Gasteiger partial charge in [0.25, 0.3) is 5.56 Å². The van der Waals surface area contributed by atoms with Gasteiger partial charge in [-0.3, -0.25) is 15.3 Å². The van der Waals surface area contributed by atoms with Gasteiger partial charge in [0.15, 0.2) is 0 Å². The molecule has 2 N–H and O–H groups in total. The summed E-state index contributed by atoms with van der Waals surface area (Å²) in [7, 11) is 0. The number of anilines is 1.